The van der Waals surface area contributed by atoms with Crippen LogP contribution in [0, 0.1) is 0 Å². The number of thiophene rings is 1. The van der Waals surface area contributed by atoms with Gasteiger partial charge in [0.1, 0.15) is 16.9 Å². The third-order valence-electron chi connectivity index (χ3n) is 6.14. The van der Waals surface area contributed by atoms with Gasteiger partial charge in [0.05, 0.1) is 6.54 Å². The molecule has 0 unspecified atom stereocenters. The molecule has 0 fully saturated rings. The Morgan fingerprint density at radius 3 is 2.76 bits per heavy atom. The van der Waals surface area contributed by atoms with Crippen molar-refractivity contribution in [2.45, 2.75) is 25.4 Å². The van der Waals surface area contributed by atoms with E-state index in [0.29, 0.717) is 35.9 Å². The quantitative estimate of drug-likeness (QED) is 0.294. The van der Waals surface area contributed by atoms with Crippen molar-refractivity contribution in [2.75, 3.05) is 11.1 Å². The maximum Gasteiger partial charge on any atom is 0.294 e. The highest BCUT2D eigenvalue weighted by Gasteiger charge is 2.31. The molecular weight excluding hydrogens is 524 g/mol. The number of nitrogens with zero attached hydrogens (tertiary/aromatic N) is 5. The molecule has 0 aliphatic carbocycles. The second-order valence-corrected chi connectivity index (χ2v) is 10.8. The molecule has 0 spiro atoms. The van der Waals surface area contributed by atoms with Crippen LogP contribution in [0.15, 0.2) is 59.7 Å². The monoisotopic (exact) mass is 544 g/mol. The topological polar surface area (TPSA) is 158 Å². The number of hydrogen-bond donors (Lipinski definition) is 3. The molecule has 190 valence electrons. The molecule has 13 heteroatoms. The fourth-order valence-corrected chi connectivity index (χ4v) is 6.10. The molecule has 1 aliphatic heterocycles. The van der Waals surface area contributed by atoms with Crippen LogP contribution in [-0.4, -0.2) is 36.5 Å². The first-order valence-corrected chi connectivity index (χ1v) is 13.3. The van der Waals surface area contributed by atoms with Crippen LogP contribution in [0.1, 0.15) is 32.8 Å². The molecule has 6 rings (SSSR count). The number of fused-ring (bicyclic) bond motifs is 2. The van der Waals surface area contributed by atoms with Crippen molar-refractivity contribution in [2.24, 2.45) is 0 Å². The maximum atomic E-state index is 13.2. The zero-order valence-corrected chi connectivity index (χ0v) is 21.4. The Kier molecular flexibility index (Phi) is 6.13. The number of benzene rings is 1. The number of aromatic nitrogens is 5. The van der Waals surface area contributed by atoms with Crippen LogP contribution in [0.5, 0.6) is 0 Å². The largest absolute Gasteiger partial charge is 0.384 e. The number of pyridine rings is 1. The van der Waals surface area contributed by atoms with Crippen molar-refractivity contribution in [1.82, 2.24) is 30.0 Å². The van der Waals surface area contributed by atoms with Crippen LogP contribution in [0.2, 0.25) is 0 Å². The summed E-state index contributed by atoms with van der Waals surface area (Å²) in [5.74, 6) is -0.588. The summed E-state index contributed by atoms with van der Waals surface area (Å²) in [6.07, 6.45) is 4.21. The highest BCUT2D eigenvalue weighted by Crippen LogP contribution is 2.28. The van der Waals surface area contributed by atoms with Crippen LogP contribution in [-0.2, 0) is 17.8 Å². The Morgan fingerprint density at radius 1 is 1.08 bits per heavy atom. The van der Waals surface area contributed by atoms with E-state index >= 15 is 0 Å². The summed E-state index contributed by atoms with van der Waals surface area (Å²) in [7, 11) is 0. The van der Waals surface area contributed by atoms with Crippen molar-refractivity contribution < 1.29 is 9.59 Å². The summed E-state index contributed by atoms with van der Waals surface area (Å²) in [6, 6.07) is 12.4. The molecule has 0 radical (unpaired) electrons. The fraction of sp³-hybridized carbons (Fsp3) is 0.160. The van der Waals surface area contributed by atoms with E-state index in [1.807, 2.05) is 36.4 Å². The van der Waals surface area contributed by atoms with Gasteiger partial charge in [-0.05, 0) is 25.0 Å². The molecule has 4 aromatic heterocycles. The van der Waals surface area contributed by atoms with Gasteiger partial charge in [-0.3, -0.25) is 24.3 Å². The normalized spacial score (nSPS) is 14.4. The van der Waals surface area contributed by atoms with Gasteiger partial charge in [-0.1, -0.05) is 41.7 Å². The van der Waals surface area contributed by atoms with Crippen LogP contribution in [0.4, 0.5) is 11.6 Å². The fourth-order valence-electron chi connectivity index (χ4n) is 4.33. The van der Waals surface area contributed by atoms with E-state index in [9.17, 15) is 14.4 Å². The summed E-state index contributed by atoms with van der Waals surface area (Å²) in [5, 5.41) is 15.1. The zero-order chi connectivity index (χ0) is 26.2. The van der Waals surface area contributed by atoms with Crippen molar-refractivity contribution >= 4 is 56.2 Å². The van der Waals surface area contributed by atoms with Gasteiger partial charge in [-0.15, -0.1) is 21.5 Å². The van der Waals surface area contributed by atoms with Crippen molar-refractivity contribution in [1.29, 1.82) is 0 Å². The number of carbonyl (C=O) groups excluding carboxylic acids is 2. The SMILES string of the molecule is Nc1cc2sc(CNC(=O)[C@@H]3CCc4cnc(NC(=O)c5nnc(-c6ccccc6)s5)c(=O)n43)cc2cn1. The number of nitrogens with two attached hydrogens (primary N) is 1. The lowest BCUT2D eigenvalue weighted by molar-refractivity contribution is -0.124. The number of nitrogen functional groups attached to an aromatic ring is 1. The number of carbonyl (C=O) groups is 2. The second-order valence-electron chi connectivity index (χ2n) is 8.64. The van der Waals surface area contributed by atoms with Gasteiger partial charge in [0.25, 0.3) is 11.5 Å². The van der Waals surface area contributed by atoms with E-state index in [1.54, 1.807) is 12.3 Å². The molecule has 11 nitrogen and oxygen atoms in total. The predicted octanol–water partition coefficient (Wildman–Crippen LogP) is 3.01. The summed E-state index contributed by atoms with van der Waals surface area (Å²) in [6.45, 7) is 0.314. The smallest absolute Gasteiger partial charge is 0.294 e. The van der Waals surface area contributed by atoms with Gasteiger partial charge < -0.3 is 11.1 Å². The molecule has 4 N–H and O–H groups in total. The molecule has 5 aromatic rings. The number of rotatable bonds is 6. The number of anilines is 2. The minimum absolute atomic E-state index is 0.102. The first-order valence-electron chi connectivity index (χ1n) is 11.7. The van der Waals surface area contributed by atoms with E-state index in [0.717, 1.165) is 31.9 Å². The lowest BCUT2D eigenvalue weighted by atomic mass is 10.2. The Morgan fingerprint density at radius 2 is 1.92 bits per heavy atom. The minimum atomic E-state index is -0.700. The van der Waals surface area contributed by atoms with Gasteiger partial charge in [0.2, 0.25) is 10.9 Å². The van der Waals surface area contributed by atoms with E-state index < -0.39 is 17.5 Å². The molecule has 0 bridgehead atoms. The van der Waals surface area contributed by atoms with Crippen LogP contribution >= 0.6 is 22.7 Å². The first kappa shape index (κ1) is 23.9. The van der Waals surface area contributed by atoms with Crippen LogP contribution in [0.3, 0.4) is 0 Å². The molecule has 2 amide bonds. The van der Waals surface area contributed by atoms with Crippen LogP contribution in [0.25, 0.3) is 20.7 Å². The predicted molar refractivity (Wildman–Crippen MR) is 145 cm³/mol. The van der Waals surface area contributed by atoms with Crippen molar-refractivity contribution in [3.05, 3.63) is 80.8 Å². The molecule has 1 aromatic carbocycles. The summed E-state index contributed by atoms with van der Waals surface area (Å²) in [5.41, 5.74) is 6.69. The Bertz CT molecular complexity index is 1740. The average molecular weight is 545 g/mol. The zero-order valence-electron chi connectivity index (χ0n) is 19.7. The third kappa shape index (κ3) is 4.53. The number of hydrogen-bond acceptors (Lipinski definition) is 10. The van der Waals surface area contributed by atoms with Gasteiger partial charge in [-0.2, -0.15) is 0 Å². The van der Waals surface area contributed by atoms with E-state index in [2.05, 4.69) is 30.8 Å². The lowest BCUT2D eigenvalue weighted by Crippen LogP contribution is -2.36. The molecule has 1 atom stereocenters. The van der Waals surface area contributed by atoms with Gasteiger partial charge in [0, 0.05) is 38.6 Å². The minimum Gasteiger partial charge on any atom is -0.384 e. The molecular formula is C25H20N8O3S2. The highest BCUT2D eigenvalue weighted by molar-refractivity contribution is 7.19. The third-order valence-corrected chi connectivity index (χ3v) is 8.21. The molecule has 1 aliphatic rings. The van der Waals surface area contributed by atoms with Gasteiger partial charge in [0.15, 0.2) is 5.82 Å². The van der Waals surface area contributed by atoms with E-state index in [-0.39, 0.29) is 16.7 Å². The molecule has 0 saturated heterocycles. The Labute approximate surface area is 223 Å². The number of nitrogens with one attached hydrogen (secondary N) is 2. The standard InChI is InChI=1S/C25H20N8O3S2/c26-19-9-18-14(10-27-19)8-16(37-18)12-29-21(34)17-7-6-15-11-28-20(25(36)33(15)17)30-22(35)24-32-31-23(38-24)13-4-2-1-3-5-13/h1-5,8-11,17H,6-7,12H2,(H2,26,27)(H,29,34)(H,28,30,35)/t17-/m0/s1. The Hall–Kier alpha value is -4.49. The first-order chi connectivity index (χ1) is 18.5. The molecule has 5 heterocycles. The van der Waals surface area contributed by atoms with Crippen molar-refractivity contribution in [3.8, 4) is 10.6 Å². The number of aryl methyl sites for hydroxylation is 1. The van der Waals surface area contributed by atoms with E-state index in [1.165, 1.54) is 22.1 Å². The highest BCUT2D eigenvalue weighted by atomic mass is 32.1. The summed E-state index contributed by atoms with van der Waals surface area (Å²) in [4.78, 5) is 48.3. The summed E-state index contributed by atoms with van der Waals surface area (Å²) >= 11 is 2.63. The molecule has 38 heavy (non-hydrogen) atoms. The van der Waals surface area contributed by atoms with Gasteiger partial charge in [-0.25, -0.2) is 9.97 Å². The number of amides is 2. The van der Waals surface area contributed by atoms with E-state index in [4.69, 9.17) is 5.73 Å². The summed E-state index contributed by atoms with van der Waals surface area (Å²) < 4.78 is 2.39. The Balaban J connectivity index is 1.17. The van der Waals surface area contributed by atoms with Crippen molar-refractivity contribution in [3.63, 3.8) is 0 Å². The lowest BCUT2D eigenvalue weighted by Gasteiger charge is -2.15. The average Bonchev–Trinajstić information content (AvgIpc) is 3.67. The second kappa shape index (κ2) is 9.76. The van der Waals surface area contributed by atoms with Gasteiger partial charge >= 0.3 is 0 Å². The maximum absolute atomic E-state index is 13.2. The van der Waals surface area contributed by atoms with Crippen LogP contribution < -0.4 is 21.9 Å². The molecule has 0 saturated carbocycles.